The molecule has 2 N–H and O–H groups in total. The summed E-state index contributed by atoms with van der Waals surface area (Å²) >= 11 is 0. The molecule has 0 bridgehead atoms. The van der Waals surface area contributed by atoms with Crippen LogP contribution in [0.2, 0.25) is 0 Å². The normalized spacial score (nSPS) is 8.29. The van der Waals surface area contributed by atoms with Gasteiger partial charge in [-0.05, 0) is 19.4 Å². The molecular formula is C10H14O3P+. The smallest absolute Gasteiger partial charge is 0.134 e. The molecule has 3 nitrogen and oxygen atoms in total. The van der Waals surface area contributed by atoms with E-state index in [-0.39, 0.29) is 0 Å². The molecule has 0 aromatic heterocycles. The zero-order valence-corrected chi connectivity index (χ0v) is 9.11. The van der Waals surface area contributed by atoms with E-state index < -0.39 is 8.25 Å². The summed E-state index contributed by atoms with van der Waals surface area (Å²) < 4.78 is 8.70. The molecule has 0 unspecified atom stereocenters. The first kappa shape index (κ1) is 13.0. The molecule has 0 saturated heterocycles. The number of hydrogen-bond acceptors (Lipinski definition) is 1. The van der Waals surface area contributed by atoms with Crippen LogP contribution in [0.3, 0.4) is 0 Å². The van der Waals surface area contributed by atoms with Crippen LogP contribution >= 0.6 is 8.25 Å². The molecule has 1 rings (SSSR count). The maximum absolute atomic E-state index is 8.70. The summed E-state index contributed by atoms with van der Waals surface area (Å²) in [7, 11) is -2.87. The Labute approximate surface area is 84.7 Å². The van der Waals surface area contributed by atoms with Crippen molar-refractivity contribution in [2.45, 2.75) is 13.8 Å². The maximum atomic E-state index is 8.70. The van der Waals surface area contributed by atoms with Crippen molar-refractivity contribution >= 4 is 14.3 Å². The van der Waals surface area contributed by atoms with Crippen molar-refractivity contribution in [2.24, 2.45) is 0 Å². The van der Waals surface area contributed by atoms with Crippen molar-refractivity contribution in [3.63, 3.8) is 0 Å². The predicted octanol–water partition coefficient (Wildman–Crippen LogP) is 2.74. The average Bonchev–Trinajstić information content (AvgIpc) is 2.03. The lowest BCUT2D eigenvalue weighted by atomic mass is 10.2. The molecule has 76 valence electrons. The molecule has 0 atom stereocenters. The zero-order valence-electron chi connectivity index (χ0n) is 8.21. The van der Waals surface area contributed by atoms with Crippen LogP contribution < -0.4 is 0 Å². The van der Waals surface area contributed by atoms with Crippen molar-refractivity contribution in [1.29, 1.82) is 0 Å². The van der Waals surface area contributed by atoms with Crippen LogP contribution in [0.15, 0.2) is 35.9 Å². The minimum absolute atomic E-state index is 1.28. The molecule has 14 heavy (non-hydrogen) atoms. The zero-order chi connectivity index (χ0) is 11.0. The van der Waals surface area contributed by atoms with Crippen molar-refractivity contribution in [1.82, 2.24) is 0 Å². The molecule has 0 spiro atoms. The topological polar surface area (TPSA) is 57.5 Å². The van der Waals surface area contributed by atoms with Crippen LogP contribution in [0.4, 0.5) is 0 Å². The standard InChI is InChI=1S/C10H12.HO3P/c1-9(2)8-10-6-4-3-5-7-10;1-4(2)3/h3-8H,1-2H3;(H-,1,2,3)/p+1. The van der Waals surface area contributed by atoms with Gasteiger partial charge in [-0.25, -0.2) is 0 Å². The first-order chi connectivity index (χ1) is 6.52. The van der Waals surface area contributed by atoms with Crippen LogP contribution in [-0.2, 0) is 4.57 Å². The van der Waals surface area contributed by atoms with E-state index in [2.05, 4.69) is 44.2 Å². The molecule has 4 heteroatoms. The van der Waals surface area contributed by atoms with Crippen molar-refractivity contribution < 1.29 is 14.4 Å². The fraction of sp³-hybridized carbons (Fsp3) is 0.200. The highest BCUT2D eigenvalue weighted by Crippen LogP contribution is 2.04. The Morgan fingerprint density at radius 2 is 1.64 bits per heavy atom. The third-order valence-electron chi connectivity index (χ3n) is 1.25. The molecule has 0 aliphatic carbocycles. The van der Waals surface area contributed by atoms with Gasteiger partial charge in [0, 0.05) is 4.57 Å². The predicted molar refractivity (Wildman–Crippen MR) is 57.8 cm³/mol. The minimum Gasteiger partial charge on any atom is -0.134 e. The number of rotatable bonds is 1. The van der Waals surface area contributed by atoms with Crippen molar-refractivity contribution in [3.8, 4) is 0 Å². The van der Waals surface area contributed by atoms with Gasteiger partial charge in [0.25, 0.3) is 0 Å². The first-order valence-corrected chi connectivity index (χ1v) is 5.24. The van der Waals surface area contributed by atoms with Gasteiger partial charge < -0.3 is 0 Å². The van der Waals surface area contributed by atoms with Gasteiger partial charge >= 0.3 is 8.25 Å². The van der Waals surface area contributed by atoms with E-state index in [0.717, 1.165) is 0 Å². The van der Waals surface area contributed by atoms with Gasteiger partial charge in [-0.1, -0.05) is 42.0 Å². The van der Waals surface area contributed by atoms with Crippen molar-refractivity contribution in [3.05, 3.63) is 41.5 Å². The van der Waals surface area contributed by atoms with Crippen LogP contribution in [-0.4, -0.2) is 9.79 Å². The van der Waals surface area contributed by atoms with E-state index in [4.69, 9.17) is 14.4 Å². The first-order valence-electron chi connectivity index (χ1n) is 4.07. The third-order valence-corrected chi connectivity index (χ3v) is 1.25. The SMILES string of the molecule is CC(C)=Cc1ccccc1.O=[P+](O)O. The molecule has 0 heterocycles. The molecule has 0 aliphatic rings. The highest BCUT2D eigenvalue weighted by Gasteiger charge is 1.93. The minimum atomic E-state index is -2.87. The Bertz CT molecular complexity index is 298. The monoisotopic (exact) mass is 213 g/mol. The molecule has 0 fully saturated rings. The Morgan fingerprint density at radius 3 is 2.00 bits per heavy atom. The lowest BCUT2D eigenvalue weighted by Crippen LogP contribution is -1.69. The lowest BCUT2D eigenvalue weighted by Gasteiger charge is -1.91. The Balaban J connectivity index is 0.000000364. The van der Waals surface area contributed by atoms with Crippen molar-refractivity contribution in [2.75, 3.05) is 0 Å². The van der Waals surface area contributed by atoms with E-state index >= 15 is 0 Å². The molecule has 0 radical (unpaired) electrons. The van der Waals surface area contributed by atoms with E-state index in [9.17, 15) is 0 Å². The number of benzene rings is 1. The molecule has 0 saturated carbocycles. The van der Waals surface area contributed by atoms with E-state index in [1.807, 2.05) is 6.07 Å². The molecule has 1 aromatic rings. The van der Waals surface area contributed by atoms with Gasteiger partial charge in [-0.2, -0.15) is 0 Å². The Hall–Kier alpha value is -1.02. The largest absolute Gasteiger partial charge is 0.692 e. The fourth-order valence-corrected chi connectivity index (χ4v) is 0.883. The quantitative estimate of drug-likeness (QED) is 0.705. The summed E-state index contributed by atoms with van der Waals surface area (Å²) in [6, 6.07) is 10.3. The Kier molecular flexibility index (Phi) is 6.85. The van der Waals surface area contributed by atoms with Crippen LogP contribution in [0.5, 0.6) is 0 Å². The summed E-state index contributed by atoms with van der Waals surface area (Å²) in [4.78, 5) is 14.2. The van der Waals surface area contributed by atoms with Crippen LogP contribution in [0, 0.1) is 0 Å². The van der Waals surface area contributed by atoms with Gasteiger partial charge in [0.2, 0.25) is 0 Å². The summed E-state index contributed by atoms with van der Waals surface area (Å²) in [5.41, 5.74) is 2.62. The van der Waals surface area contributed by atoms with Gasteiger partial charge in [-0.3, -0.25) is 0 Å². The number of hydrogen-bond donors (Lipinski definition) is 2. The molecule has 1 aromatic carbocycles. The van der Waals surface area contributed by atoms with E-state index in [1.54, 1.807) is 0 Å². The van der Waals surface area contributed by atoms with Crippen LogP contribution in [0.25, 0.3) is 6.08 Å². The fourth-order valence-electron chi connectivity index (χ4n) is 0.883. The highest BCUT2D eigenvalue weighted by molar-refractivity contribution is 7.30. The number of allylic oxidation sites excluding steroid dienone is 1. The molecule has 0 aliphatic heterocycles. The van der Waals surface area contributed by atoms with Gasteiger partial charge in [0.15, 0.2) is 0 Å². The van der Waals surface area contributed by atoms with Crippen LogP contribution in [0.1, 0.15) is 19.4 Å². The van der Waals surface area contributed by atoms with E-state index in [1.165, 1.54) is 11.1 Å². The van der Waals surface area contributed by atoms with Gasteiger partial charge in [0.1, 0.15) is 0 Å². The summed E-state index contributed by atoms with van der Waals surface area (Å²) in [5, 5.41) is 0. The molecular weight excluding hydrogens is 199 g/mol. The van der Waals surface area contributed by atoms with Gasteiger partial charge in [0.05, 0.1) is 0 Å². The summed E-state index contributed by atoms with van der Waals surface area (Å²) in [6.07, 6.45) is 2.17. The highest BCUT2D eigenvalue weighted by atomic mass is 31.1. The third kappa shape index (κ3) is 9.07. The van der Waals surface area contributed by atoms with E-state index in [0.29, 0.717) is 0 Å². The average molecular weight is 213 g/mol. The lowest BCUT2D eigenvalue weighted by molar-refractivity contribution is 0.405. The maximum Gasteiger partial charge on any atom is 0.692 e. The summed E-state index contributed by atoms with van der Waals surface area (Å²) in [5.74, 6) is 0. The molecule has 0 amide bonds. The second-order valence-electron chi connectivity index (χ2n) is 2.89. The second-order valence-corrected chi connectivity index (χ2v) is 3.39. The second kappa shape index (κ2) is 7.39. The Morgan fingerprint density at radius 1 is 1.21 bits per heavy atom. The van der Waals surface area contributed by atoms with Gasteiger partial charge in [-0.15, -0.1) is 9.79 Å². The summed E-state index contributed by atoms with van der Waals surface area (Å²) in [6.45, 7) is 4.21.